The first-order chi connectivity index (χ1) is 9.11. The van der Waals surface area contributed by atoms with Crippen molar-refractivity contribution in [3.63, 3.8) is 0 Å². The van der Waals surface area contributed by atoms with Gasteiger partial charge in [0.25, 0.3) is 0 Å². The van der Waals surface area contributed by atoms with Gasteiger partial charge >= 0.3 is 0 Å². The highest BCUT2D eigenvalue weighted by molar-refractivity contribution is 7.11. The third-order valence-corrected chi connectivity index (χ3v) is 4.76. The van der Waals surface area contributed by atoms with Crippen molar-refractivity contribution in [1.29, 1.82) is 0 Å². The summed E-state index contributed by atoms with van der Waals surface area (Å²) < 4.78 is 0. The molecule has 2 nitrogen and oxygen atoms in total. The molecular formula is C16H22N2S. The van der Waals surface area contributed by atoms with Crippen LogP contribution in [0.15, 0.2) is 30.3 Å². The molecule has 0 saturated heterocycles. The number of nitrogens with two attached hydrogens (primary N) is 1. The van der Waals surface area contributed by atoms with Gasteiger partial charge in [-0.25, -0.2) is 4.98 Å². The predicted molar refractivity (Wildman–Crippen MR) is 82.7 cm³/mol. The van der Waals surface area contributed by atoms with Crippen LogP contribution in [0.1, 0.15) is 40.4 Å². The van der Waals surface area contributed by atoms with Gasteiger partial charge in [0.2, 0.25) is 0 Å². The highest BCUT2D eigenvalue weighted by Crippen LogP contribution is 2.26. The molecule has 1 aromatic carbocycles. The number of hydrogen-bond acceptors (Lipinski definition) is 3. The van der Waals surface area contributed by atoms with Crippen LogP contribution < -0.4 is 5.73 Å². The van der Waals surface area contributed by atoms with Gasteiger partial charge in [-0.15, -0.1) is 11.3 Å². The molecule has 0 bridgehead atoms. The van der Waals surface area contributed by atoms with Gasteiger partial charge < -0.3 is 5.73 Å². The summed E-state index contributed by atoms with van der Waals surface area (Å²) in [6, 6.07) is 10.7. The number of aromatic nitrogens is 1. The summed E-state index contributed by atoms with van der Waals surface area (Å²) in [4.78, 5) is 5.90. The smallest absolute Gasteiger partial charge is 0.0946 e. The summed E-state index contributed by atoms with van der Waals surface area (Å²) in [5, 5.41) is 1.16. The first-order valence-corrected chi connectivity index (χ1v) is 7.67. The lowest BCUT2D eigenvalue weighted by molar-refractivity contribution is 0.514. The van der Waals surface area contributed by atoms with E-state index < -0.39 is 0 Å². The number of rotatable bonds is 5. The molecule has 0 saturated carbocycles. The van der Waals surface area contributed by atoms with Crippen molar-refractivity contribution in [2.75, 3.05) is 0 Å². The molecule has 2 N–H and O–H groups in total. The minimum atomic E-state index is 0.136. The minimum absolute atomic E-state index is 0.136. The van der Waals surface area contributed by atoms with Crippen LogP contribution in [0, 0.1) is 13.8 Å². The fourth-order valence-corrected chi connectivity index (χ4v) is 3.46. The van der Waals surface area contributed by atoms with Gasteiger partial charge in [0.15, 0.2) is 0 Å². The normalized spacial score (nSPS) is 14.3. The third kappa shape index (κ3) is 3.43. The first-order valence-electron chi connectivity index (χ1n) is 6.85. The lowest BCUT2D eigenvalue weighted by Crippen LogP contribution is -2.30. The van der Waals surface area contributed by atoms with Crippen LogP contribution in [0.2, 0.25) is 0 Å². The highest BCUT2D eigenvalue weighted by atomic mass is 32.1. The van der Waals surface area contributed by atoms with Crippen LogP contribution in [-0.2, 0) is 6.42 Å². The SMILES string of the molecule is CCC(c1ccccc1)C(N)Cc1nc(C)c(C)s1. The first kappa shape index (κ1) is 14.2. The average molecular weight is 274 g/mol. The lowest BCUT2D eigenvalue weighted by Gasteiger charge is -2.22. The molecule has 1 heterocycles. The van der Waals surface area contributed by atoms with Gasteiger partial charge in [-0.3, -0.25) is 0 Å². The summed E-state index contributed by atoms with van der Waals surface area (Å²) in [7, 11) is 0. The maximum atomic E-state index is 6.42. The van der Waals surface area contributed by atoms with E-state index in [0.717, 1.165) is 23.5 Å². The van der Waals surface area contributed by atoms with Crippen molar-refractivity contribution >= 4 is 11.3 Å². The molecule has 0 fully saturated rings. The molecule has 2 rings (SSSR count). The standard InChI is InChI=1S/C16H22N2S/c1-4-14(13-8-6-5-7-9-13)15(17)10-16-18-11(2)12(3)19-16/h5-9,14-15H,4,10,17H2,1-3H3. The molecule has 2 atom stereocenters. The molecule has 3 heteroatoms. The van der Waals surface area contributed by atoms with Crippen molar-refractivity contribution in [3.8, 4) is 0 Å². The van der Waals surface area contributed by atoms with Gasteiger partial charge in [0.1, 0.15) is 0 Å². The molecule has 0 radical (unpaired) electrons. The van der Waals surface area contributed by atoms with E-state index in [1.807, 2.05) is 0 Å². The van der Waals surface area contributed by atoms with Gasteiger partial charge in [-0.1, -0.05) is 37.3 Å². The van der Waals surface area contributed by atoms with E-state index >= 15 is 0 Å². The molecule has 0 amide bonds. The number of benzene rings is 1. The van der Waals surface area contributed by atoms with E-state index in [2.05, 4.69) is 56.1 Å². The second-order valence-electron chi connectivity index (χ2n) is 5.04. The Kier molecular flexibility index (Phi) is 4.72. The molecule has 102 valence electrons. The average Bonchev–Trinajstić information content (AvgIpc) is 2.70. The van der Waals surface area contributed by atoms with E-state index in [0.29, 0.717) is 5.92 Å². The summed E-state index contributed by atoms with van der Waals surface area (Å²) in [6.07, 6.45) is 1.93. The van der Waals surface area contributed by atoms with Crippen LogP contribution in [0.3, 0.4) is 0 Å². The number of hydrogen-bond donors (Lipinski definition) is 1. The minimum Gasteiger partial charge on any atom is -0.327 e. The Morgan fingerprint density at radius 3 is 2.42 bits per heavy atom. The van der Waals surface area contributed by atoms with Crippen molar-refractivity contribution < 1.29 is 0 Å². The Bertz CT molecular complexity index is 499. The van der Waals surface area contributed by atoms with E-state index in [-0.39, 0.29) is 6.04 Å². The second kappa shape index (κ2) is 6.31. The second-order valence-corrected chi connectivity index (χ2v) is 6.33. The lowest BCUT2D eigenvalue weighted by atomic mass is 9.88. The summed E-state index contributed by atoms with van der Waals surface area (Å²) >= 11 is 1.77. The maximum Gasteiger partial charge on any atom is 0.0946 e. The molecule has 0 aliphatic carbocycles. The van der Waals surface area contributed by atoms with Gasteiger partial charge in [-0.2, -0.15) is 0 Å². The van der Waals surface area contributed by atoms with Crippen LogP contribution in [0.5, 0.6) is 0 Å². The van der Waals surface area contributed by atoms with E-state index in [1.165, 1.54) is 10.4 Å². The van der Waals surface area contributed by atoms with Crippen LogP contribution in [-0.4, -0.2) is 11.0 Å². The van der Waals surface area contributed by atoms with Crippen molar-refractivity contribution in [1.82, 2.24) is 4.98 Å². The van der Waals surface area contributed by atoms with Gasteiger partial charge in [0.05, 0.1) is 10.7 Å². The number of nitrogens with zero attached hydrogens (tertiary/aromatic N) is 1. The third-order valence-electron chi connectivity index (χ3n) is 3.67. The molecule has 19 heavy (non-hydrogen) atoms. The van der Waals surface area contributed by atoms with E-state index in [4.69, 9.17) is 5.73 Å². The summed E-state index contributed by atoms with van der Waals surface area (Å²) in [6.45, 7) is 6.39. The largest absolute Gasteiger partial charge is 0.327 e. The zero-order chi connectivity index (χ0) is 13.8. The molecule has 0 aliphatic heterocycles. The zero-order valence-corrected chi connectivity index (χ0v) is 12.7. The fourth-order valence-electron chi connectivity index (χ4n) is 2.46. The quantitative estimate of drug-likeness (QED) is 0.900. The molecule has 1 aromatic heterocycles. The molecule has 2 aromatic rings. The van der Waals surface area contributed by atoms with Crippen molar-refractivity contribution in [2.45, 2.75) is 45.6 Å². The van der Waals surface area contributed by atoms with Crippen molar-refractivity contribution in [3.05, 3.63) is 51.5 Å². The maximum absolute atomic E-state index is 6.42. The summed E-state index contributed by atoms with van der Waals surface area (Å²) in [5.41, 5.74) is 8.89. The zero-order valence-electron chi connectivity index (χ0n) is 11.9. The van der Waals surface area contributed by atoms with E-state index in [9.17, 15) is 0 Å². The van der Waals surface area contributed by atoms with Crippen molar-refractivity contribution in [2.24, 2.45) is 5.73 Å². The van der Waals surface area contributed by atoms with Crippen LogP contribution >= 0.6 is 11.3 Å². The monoisotopic (exact) mass is 274 g/mol. The number of thiazole rings is 1. The van der Waals surface area contributed by atoms with Gasteiger partial charge in [-0.05, 0) is 31.7 Å². The topological polar surface area (TPSA) is 38.9 Å². The van der Waals surface area contributed by atoms with Crippen LogP contribution in [0.25, 0.3) is 0 Å². The number of aryl methyl sites for hydroxylation is 2. The molecular weight excluding hydrogens is 252 g/mol. The molecule has 2 unspecified atom stereocenters. The van der Waals surface area contributed by atoms with Gasteiger partial charge in [0, 0.05) is 17.3 Å². The molecule has 0 aliphatic rings. The Labute approximate surface area is 119 Å². The predicted octanol–water partition coefficient (Wildman–Crippen LogP) is 3.82. The Morgan fingerprint density at radius 1 is 1.21 bits per heavy atom. The Morgan fingerprint density at radius 2 is 1.89 bits per heavy atom. The summed E-state index contributed by atoms with van der Waals surface area (Å²) in [5.74, 6) is 0.408. The molecule has 0 spiro atoms. The van der Waals surface area contributed by atoms with E-state index in [1.54, 1.807) is 11.3 Å². The Balaban J connectivity index is 2.11. The van der Waals surface area contributed by atoms with Crippen LogP contribution in [0.4, 0.5) is 0 Å². The fraction of sp³-hybridized carbons (Fsp3) is 0.438. The Hall–Kier alpha value is -1.19. The highest BCUT2D eigenvalue weighted by Gasteiger charge is 2.19.